The van der Waals surface area contributed by atoms with Crippen molar-refractivity contribution in [2.45, 2.75) is 39.8 Å². The highest BCUT2D eigenvalue weighted by Crippen LogP contribution is 2.18. The van der Waals surface area contributed by atoms with Crippen LogP contribution in [-0.2, 0) is 4.79 Å². The Balaban J connectivity index is 2.18. The van der Waals surface area contributed by atoms with Crippen molar-refractivity contribution < 1.29 is 19.5 Å². The van der Waals surface area contributed by atoms with Gasteiger partial charge in [-0.1, -0.05) is 29.3 Å². The SMILES string of the molecule is Cc1cc(C)cc(C(NC(=O)c2ccc(C(=O)NC(C)C)cc2)C(=O)O)c1. The van der Waals surface area contributed by atoms with Crippen molar-refractivity contribution in [1.82, 2.24) is 10.6 Å². The van der Waals surface area contributed by atoms with Crippen LogP contribution in [0, 0.1) is 13.8 Å². The topological polar surface area (TPSA) is 95.5 Å². The molecule has 0 saturated carbocycles. The second-order valence-electron chi connectivity index (χ2n) is 6.87. The molecule has 2 amide bonds. The van der Waals surface area contributed by atoms with E-state index in [0.29, 0.717) is 11.1 Å². The molecule has 6 heteroatoms. The molecule has 27 heavy (non-hydrogen) atoms. The van der Waals surface area contributed by atoms with Crippen molar-refractivity contribution in [3.63, 3.8) is 0 Å². The maximum absolute atomic E-state index is 12.5. The number of benzene rings is 2. The molecule has 0 radical (unpaired) electrons. The lowest BCUT2D eigenvalue weighted by Gasteiger charge is -2.16. The average Bonchev–Trinajstić information content (AvgIpc) is 2.57. The van der Waals surface area contributed by atoms with E-state index in [1.807, 2.05) is 33.8 Å². The van der Waals surface area contributed by atoms with Gasteiger partial charge in [0.25, 0.3) is 11.8 Å². The van der Waals surface area contributed by atoms with Gasteiger partial charge in [-0.2, -0.15) is 0 Å². The smallest absolute Gasteiger partial charge is 0.330 e. The standard InChI is InChI=1S/C21H24N2O4/c1-12(2)22-19(24)15-5-7-16(8-6-15)20(25)23-18(21(26)27)17-10-13(3)9-14(4)11-17/h5-12,18H,1-4H3,(H,22,24)(H,23,25)(H,26,27). The normalized spacial score (nSPS) is 11.7. The minimum Gasteiger partial charge on any atom is -0.479 e. The highest BCUT2D eigenvalue weighted by Gasteiger charge is 2.23. The Morgan fingerprint density at radius 2 is 1.26 bits per heavy atom. The number of carbonyl (C=O) groups is 3. The molecule has 3 N–H and O–H groups in total. The molecule has 142 valence electrons. The van der Waals surface area contributed by atoms with Gasteiger partial charge in [0.15, 0.2) is 6.04 Å². The van der Waals surface area contributed by atoms with E-state index in [9.17, 15) is 19.5 Å². The van der Waals surface area contributed by atoms with Gasteiger partial charge in [-0.15, -0.1) is 0 Å². The number of carbonyl (C=O) groups excluding carboxylic acids is 2. The predicted molar refractivity (Wildman–Crippen MR) is 103 cm³/mol. The zero-order valence-corrected chi connectivity index (χ0v) is 15.9. The quantitative estimate of drug-likeness (QED) is 0.730. The first-order valence-electron chi connectivity index (χ1n) is 8.70. The van der Waals surface area contributed by atoms with Crippen LogP contribution in [0.25, 0.3) is 0 Å². The Morgan fingerprint density at radius 1 is 0.815 bits per heavy atom. The molecule has 0 heterocycles. The molecule has 2 aromatic carbocycles. The Labute approximate surface area is 158 Å². The third-order valence-corrected chi connectivity index (χ3v) is 3.93. The molecule has 0 aliphatic heterocycles. The van der Waals surface area contributed by atoms with Crippen LogP contribution in [-0.4, -0.2) is 28.9 Å². The number of aliphatic carboxylic acids is 1. The van der Waals surface area contributed by atoms with Crippen molar-refractivity contribution in [2.24, 2.45) is 0 Å². The van der Waals surface area contributed by atoms with Crippen LogP contribution in [0.3, 0.4) is 0 Å². The molecule has 0 aliphatic carbocycles. The molecular formula is C21H24N2O4. The van der Waals surface area contributed by atoms with Crippen LogP contribution < -0.4 is 10.6 Å². The van der Waals surface area contributed by atoms with Crippen LogP contribution in [0.2, 0.25) is 0 Å². The average molecular weight is 368 g/mol. The van der Waals surface area contributed by atoms with E-state index in [2.05, 4.69) is 10.6 Å². The summed E-state index contributed by atoms with van der Waals surface area (Å²) < 4.78 is 0. The lowest BCUT2D eigenvalue weighted by molar-refractivity contribution is -0.139. The number of rotatable bonds is 6. The molecule has 1 atom stereocenters. The molecule has 2 rings (SSSR count). The second kappa shape index (κ2) is 8.49. The summed E-state index contributed by atoms with van der Waals surface area (Å²) in [5.74, 6) is -1.88. The highest BCUT2D eigenvalue weighted by atomic mass is 16.4. The number of hydrogen-bond donors (Lipinski definition) is 3. The minimum absolute atomic E-state index is 0.00888. The fourth-order valence-corrected chi connectivity index (χ4v) is 2.80. The van der Waals surface area contributed by atoms with E-state index < -0.39 is 17.9 Å². The molecule has 0 fully saturated rings. The van der Waals surface area contributed by atoms with E-state index in [1.54, 1.807) is 24.3 Å². The summed E-state index contributed by atoms with van der Waals surface area (Å²) in [6.45, 7) is 7.47. The summed E-state index contributed by atoms with van der Waals surface area (Å²) in [4.78, 5) is 36.1. The van der Waals surface area contributed by atoms with Gasteiger partial charge < -0.3 is 15.7 Å². The van der Waals surface area contributed by atoms with Crippen molar-refractivity contribution in [2.75, 3.05) is 0 Å². The zero-order valence-electron chi connectivity index (χ0n) is 15.9. The Kier molecular flexibility index (Phi) is 6.34. The van der Waals surface area contributed by atoms with Gasteiger partial charge in [-0.05, 0) is 57.5 Å². The monoisotopic (exact) mass is 368 g/mol. The van der Waals surface area contributed by atoms with E-state index in [1.165, 1.54) is 12.1 Å². The predicted octanol–water partition coefficient (Wildman–Crippen LogP) is 3.00. The summed E-state index contributed by atoms with van der Waals surface area (Å²) in [5.41, 5.74) is 3.08. The number of nitrogens with one attached hydrogen (secondary N) is 2. The number of carboxylic acids is 1. The maximum Gasteiger partial charge on any atom is 0.330 e. The van der Waals surface area contributed by atoms with Gasteiger partial charge in [0, 0.05) is 17.2 Å². The first-order chi connectivity index (χ1) is 12.7. The van der Waals surface area contributed by atoms with Gasteiger partial charge in [-0.25, -0.2) is 4.79 Å². The molecule has 6 nitrogen and oxygen atoms in total. The van der Waals surface area contributed by atoms with Gasteiger partial charge in [-0.3, -0.25) is 9.59 Å². The number of hydrogen-bond acceptors (Lipinski definition) is 3. The van der Waals surface area contributed by atoms with Crippen molar-refractivity contribution in [1.29, 1.82) is 0 Å². The first-order valence-corrected chi connectivity index (χ1v) is 8.70. The van der Waals surface area contributed by atoms with Crippen LogP contribution in [0.5, 0.6) is 0 Å². The Hall–Kier alpha value is -3.15. The Morgan fingerprint density at radius 3 is 1.67 bits per heavy atom. The molecule has 1 unspecified atom stereocenters. The summed E-state index contributed by atoms with van der Waals surface area (Å²) >= 11 is 0. The lowest BCUT2D eigenvalue weighted by Crippen LogP contribution is -2.34. The van der Waals surface area contributed by atoms with Gasteiger partial charge in [0.2, 0.25) is 0 Å². The minimum atomic E-state index is -1.15. The number of amides is 2. The van der Waals surface area contributed by atoms with Gasteiger partial charge in [0.05, 0.1) is 0 Å². The fraction of sp³-hybridized carbons (Fsp3) is 0.286. The summed E-state index contributed by atoms with van der Waals surface area (Å²) in [6, 6.07) is 10.4. The highest BCUT2D eigenvalue weighted by molar-refractivity contribution is 5.99. The van der Waals surface area contributed by atoms with Crippen LogP contribution in [0.4, 0.5) is 0 Å². The van der Waals surface area contributed by atoms with Gasteiger partial charge >= 0.3 is 5.97 Å². The first kappa shape index (κ1) is 20.2. The van der Waals surface area contributed by atoms with Crippen molar-refractivity contribution in [3.05, 3.63) is 70.3 Å². The van der Waals surface area contributed by atoms with E-state index in [-0.39, 0.29) is 17.5 Å². The largest absolute Gasteiger partial charge is 0.479 e. The summed E-state index contributed by atoms with van der Waals surface area (Å²) in [7, 11) is 0. The molecule has 0 bridgehead atoms. The van der Waals surface area contributed by atoms with Crippen molar-refractivity contribution in [3.8, 4) is 0 Å². The fourth-order valence-electron chi connectivity index (χ4n) is 2.80. The maximum atomic E-state index is 12.5. The van der Waals surface area contributed by atoms with Crippen molar-refractivity contribution >= 4 is 17.8 Å². The molecule has 2 aromatic rings. The molecule has 0 spiro atoms. The number of carboxylic acid groups (broad SMARTS) is 1. The summed E-state index contributed by atoms with van der Waals surface area (Å²) in [5, 5.41) is 14.9. The van der Waals surface area contributed by atoms with E-state index >= 15 is 0 Å². The summed E-state index contributed by atoms with van der Waals surface area (Å²) in [6.07, 6.45) is 0. The molecule has 0 saturated heterocycles. The number of aryl methyl sites for hydroxylation is 2. The Bertz CT molecular complexity index is 837. The third-order valence-electron chi connectivity index (χ3n) is 3.93. The van der Waals surface area contributed by atoms with Crippen LogP contribution >= 0.6 is 0 Å². The molecule has 0 aromatic heterocycles. The molecular weight excluding hydrogens is 344 g/mol. The van der Waals surface area contributed by atoms with Gasteiger partial charge in [0.1, 0.15) is 0 Å². The third kappa shape index (κ3) is 5.41. The lowest BCUT2D eigenvalue weighted by atomic mass is 10.0. The van der Waals surface area contributed by atoms with Crippen LogP contribution in [0.15, 0.2) is 42.5 Å². The molecule has 0 aliphatic rings. The van der Waals surface area contributed by atoms with E-state index in [4.69, 9.17) is 0 Å². The van der Waals surface area contributed by atoms with Crippen LogP contribution in [0.1, 0.15) is 57.3 Å². The second-order valence-corrected chi connectivity index (χ2v) is 6.87. The van der Waals surface area contributed by atoms with E-state index in [0.717, 1.165) is 11.1 Å². The zero-order chi connectivity index (χ0) is 20.1.